The summed E-state index contributed by atoms with van der Waals surface area (Å²) >= 11 is 11.9. The number of hydrogen-bond donors (Lipinski definition) is 1. The number of imide groups is 1. The van der Waals surface area contributed by atoms with Gasteiger partial charge in [0.2, 0.25) is 5.91 Å². The lowest BCUT2D eigenvalue weighted by Crippen LogP contribution is -2.45. The molecule has 2 aromatic carbocycles. The summed E-state index contributed by atoms with van der Waals surface area (Å²) in [4.78, 5) is 63.8. The number of primary amides is 1. The molecule has 2 N–H and O–H groups in total. The first-order valence-electron chi connectivity index (χ1n) is 9.79. The van der Waals surface area contributed by atoms with Crippen molar-refractivity contribution in [3.05, 3.63) is 63.6 Å². The first kappa shape index (κ1) is 24.2. The molecule has 33 heavy (non-hydrogen) atoms. The molecule has 1 atom stereocenters. The fourth-order valence-electron chi connectivity index (χ4n) is 3.27. The zero-order chi connectivity index (χ0) is 24.3. The highest BCUT2D eigenvalue weighted by molar-refractivity contribution is 6.43. The van der Waals surface area contributed by atoms with Crippen molar-refractivity contribution in [1.29, 1.82) is 0 Å². The molecule has 11 heteroatoms. The highest BCUT2D eigenvalue weighted by Gasteiger charge is 2.42. The number of nitrogens with two attached hydrogens (primary N) is 1. The monoisotopic (exact) mass is 491 g/mol. The van der Waals surface area contributed by atoms with E-state index in [2.05, 4.69) is 0 Å². The van der Waals surface area contributed by atoms with Gasteiger partial charge in [-0.15, -0.1) is 0 Å². The predicted octanol–water partition coefficient (Wildman–Crippen LogP) is 2.43. The van der Waals surface area contributed by atoms with Crippen molar-refractivity contribution < 1.29 is 28.7 Å². The smallest absolute Gasteiger partial charge is 0.329 e. The molecule has 0 aromatic heterocycles. The van der Waals surface area contributed by atoms with E-state index in [4.69, 9.17) is 33.7 Å². The van der Waals surface area contributed by atoms with Gasteiger partial charge in [0.05, 0.1) is 21.2 Å². The summed E-state index contributed by atoms with van der Waals surface area (Å²) in [5, 5.41) is 0.187. The SMILES string of the molecule is C[C@@H](C(=O)OCC(=O)N(CCC(N)=O)c1ccccc1)N1C(=O)c2cc(Cl)c(Cl)cc2C1=O. The largest absolute Gasteiger partial charge is 0.454 e. The third-order valence-electron chi connectivity index (χ3n) is 4.98. The fourth-order valence-corrected chi connectivity index (χ4v) is 3.60. The Bertz CT molecular complexity index is 1100. The molecule has 0 unspecified atom stereocenters. The van der Waals surface area contributed by atoms with Crippen molar-refractivity contribution >= 4 is 58.5 Å². The van der Waals surface area contributed by atoms with E-state index in [1.807, 2.05) is 0 Å². The minimum atomic E-state index is -1.31. The van der Waals surface area contributed by atoms with Crippen LogP contribution in [-0.4, -0.2) is 53.7 Å². The third-order valence-corrected chi connectivity index (χ3v) is 5.70. The molecular formula is C22H19Cl2N3O6. The highest BCUT2D eigenvalue weighted by atomic mass is 35.5. The summed E-state index contributed by atoms with van der Waals surface area (Å²) in [5.74, 6) is -3.62. The Morgan fingerprint density at radius 2 is 1.58 bits per heavy atom. The number of ether oxygens (including phenoxy) is 1. The van der Waals surface area contributed by atoms with Gasteiger partial charge < -0.3 is 15.4 Å². The second-order valence-corrected chi connectivity index (χ2v) is 7.99. The molecule has 0 bridgehead atoms. The maximum atomic E-state index is 12.7. The van der Waals surface area contributed by atoms with Crippen LogP contribution in [0.4, 0.5) is 5.69 Å². The number of carbonyl (C=O) groups excluding carboxylic acids is 5. The number of para-hydroxylation sites is 1. The minimum absolute atomic E-state index is 0.00872. The molecule has 0 radical (unpaired) electrons. The zero-order valence-electron chi connectivity index (χ0n) is 17.4. The fraction of sp³-hybridized carbons (Fsp3) is 0.227. The first-order valence-corrected chi connectivity index (χ1v) is 10.5. The Hall–Kier alpha value is -3.43. The zero-order valence-corrected chi connectivity index (χ0v) is 18.9. The van der Waals surface area contributed by atoms with E-state index >= 15 is 0 Å². The van der Waals surface area contributed by atoms with Gasteiger partial charge in [0.15, 0.2) is 6.61 Å². The van der Waals surface area contributed by atoms with E-state index in [9.17, 15) is 24.0 Å². The second-order valence-electron chi connectivity index (χ2n) is 7.17. The molecule has 3 rings (SSSR count). The Kier molecular flexibility index (Phi) is 7.35. The molecule has 2 aromatic rings. The van der Waals surface area contributed by atoms with Crippen LogP contribution in [0.15, 0.2) is 42.5 Å². The topological polar surface area (TPSA) is 127 Å². The van der Waals surface area contributed by atoms with Crippen molar-refractivity contribution in [3.63, 3.8) is 0 Å². The van der Waals surface area contributed by atoms with Gasteiger partial charge in [-0.3, -0.25) is 24.1 Å². The molecule has 4 amide bonds. The summed E-state index contributed by atoms with van der Waals surface area (Å²) in [6.07, 6.45) is -0.0921. The van der Waals surface area contributed by atoms with Crippen molar-refractivity contribution in [3.8, 4) is 0 Å². The molecule has 0 fully saturated rings. The van der Waals surface area contributed by atoms with Crippen LogP contribution in [0.3, 0.4) is 0 Å². The minimum Gasteiger partial charge on any atom is -0.454 e. The summed E-state index contributed by atoms with van der Waals surface area (Å²) < 4.78 is 5.09. The molecule has 1 aliphatic rings. The van der Waals surface area contributed by atoms with Gasteiger partial charge in [-0.05, 0) is 31.2 Å². The van der Waals surface area contributed by atoms with Crippen LogP contribution in [0.1, 0.15) is 34.1 Å². The van der Waals surface area contributed by atoms with E-state index in [1.54, 1.807) is 30.3 Å². The lowest BCUT2D eigenvalue weighted by atomic mass is 10.1. The van der Waals surface area contributed by atoms with E-state index in [0.29, 0.717) is 5.69 Å². The number of carbonyl (C=O) groups is 5. The number of anilines is 1. The molecule has 0 saturated heterocycles. The maximum Gasteiger partial charge on any atom is 0.329 e. The van der Waals surface area contributed by atoms with Crippen molar-refractivity contribution in [1.82, 2.24) is 4.90 Å². The molecule has 1 heterocycles. The summed E-state index contributed by atoms with van der Waals surface area (Å²) in [5.41, 5.74) is 5.71. The van der Waals surface area contributed by atoms with Crippen molar-refractivity contribution in [2.24, 2.45) is 5.73 Å². The van der Waals surface area contributed by atoms with E-state index in [-0.39, 0.29) is 34.1 Å². The number of benzene rings is 2. The van der Waals surface area contributed by atoms with Crippen molar-refractivity contribution in [2.75, 3.05) is 18.1 Å². The second kappa shape index (κ2) is 10.0. The van der Waals surface area contributed by atoms with Crippen LogP contribution in [0.25, 0.3) is 0 Å². The van der Waals surface area contributed by atoms with Gasteiger partial charge in [-0.25, -0.2) is 4.79 Å². The normalized spacial score (nSPS) is 13.5. The number of fused-ring (bicyclic) bond motifs is 1. The third kappa shape index (κ3) is 5.15. The van der Waals surface area contributed by atoms with Gasteiger partial charge >= 0.3 is 5.97 Å². The highest BCUT2D eigenvalue weighted by Crippen LogP contribution is 2.32. The molecule has 0 saturated carbocycles. The quantitative estimate of drug-likeness (QED) is 0.446. The Morgan fingerprint density at radius 3 is 2.09 bits per heavy atom. The lowest BCUT2D eigenvalue weighted by Gasteiger charge is -2.24. The van der Waals surface area contributed by atoms with Crippen LogP contribution < -0.4 is 10.6 Å². The van der Waals surface area contributed by atoms with E-state index in [0.717, 1.165) is 4.90 Å². The number of halogens is 2. The number of hydrogen-bond acceptors (Lipinski definition) is 6. The van der Waals surface area contributed by atoms with Gasteiger partial charge in [0.25, 0.3) is 17.7 Å². The lowest BCUT2D eigenvalue weighted by molar-refractivity contribution is -0.151. The van der Waals surface area contributed by atoms with Gasteiger partial charge in [-0.2, -0.15) is 0 Å². The standard InChI is InChI=1S/C22H19Cl2N3O6/c1-12(27-20(30)14-9-16(23)17(24)10-15(14)21(27)31)22(32)33-11-19(29)26(8-7-18(25)28)13-5-3-2-4-6-13/h2-6,9-10,12H,7-8,11H2,1H3,(H2,25,28)/t12-/m0/s1. The van der Waals surface area contributed by atoms with Crippen molar-refractivity contribution in [2.45, 2.75) is 19.4 Å². The molecule has 1 aliphatic heterocycles. The summed E-state index contributed by atoms with van der Waals surface area (Å²) in [6.45, 7) is 0.628. The van der Waals surface area contributed by atoms with Crippen LogP contribution in [-0.2, 0) is 19.1 Å². The Balaban J connectivity index is 1.69. The number of esters is 1. The maximum absolute atomic E-state index is 12.7. The average Bonchev–Trinajstić information content (AvgIpc) is 3.01. The van der Waals surface area contributed by atoms with Crippen LogP contribution in [0.5, 0.6) is 0 Å². The van der Waals surface area contributed by atoms with Crippen LogP contribution in [0.2, 0.25) is 10.0 Å². The summed E-state index contributed by atoms with van der Waals surface area (Å²) in [7, 11) is 0. The van der Waals surface area contributed by atoms with E-state index < -0.39 is 42.2 Å². The first-order chi connectivity index (χ1) is 15.6. The predicted molar refractivity (Wildman–Crippen MR) is 120 cm³/mol. The Morgan fingerprint density at radius 1 is 1.03 bits per heavy atom. The van der Waals surface area contributed by atoms with Crippen LogP contribution >= 0.6 is 23.2 Å². The van der Waals surface area contributed by atoms with Gasteiger partial charge in [-0.1, -0.05) is 41.4 Å². The molecule has 0 spiro atoms. The molecule has 172 valence electrons. The molecule has 9 nitrogen and oxygen atoms in total. The van der Waals surface area contributed by atoms with Gasteiger partial charge in [0.1, 0.15) is 6.04 Å². The van der Waals surface area contributed by atoms with Gasteiger partial charge in [0, 0.05) is 18.7 Å². The average molecular weight is 492 g/mol. The molecular weight excluding hydrogens is 473 g/mol. The number of nitrogens with zero attached hydrogens (tertiary/aromatic N) is 2. The number of rotatable bonds is 8. The Labute approximate surface area is 199 Å². The number of amides is 4. The molecule has 0 aliphatic carbocycles. The van der Waals surface area contributed by atoms with E-state index in [1.165, 1.54) is 24.0 Å². The summed E-state index contributed by atoms with van der Waals surface area (Å²) in [6, 6.07) is 9.68. The van der Waals surface area contributed by atoms with Crippen LogP contribution in [0, 0.1) is 0 Å².